The van der Waals surface area contributed by atoms with E-state index in [1.54, 1.807) is 37.6 Å². The molecule has 1 amide bonds. The second kappa shape index (κ2) is 6.62. The van der Waals surface area contributed by atoms with Gasteiger partial charge >= 0.3 is 0 Å². The van der Waals surface area contributed by atoms with E-state index in [9.17, 15) is 9.18 Å². The summed E-state index contributed by atoms with van der Waals surface area (Å²) in [5, 5.41) is 3.50. The van der Waals surface area contributed by atoms with Gasteiger partial charge in [0, 0.05) is 23.2 Å². The first-order chi connectivity index (χ1) is 11.6. The second-order valence-electron chi connectivity index (χ2n) is 5.29. The summed E-state index contributed by atoms with van der Waals surface area (Å²) in [6, 6.07) is 9.60. The normalized spacial score (nSPS) is 10.6. The SMILES string of the molecule is COc1ccc(OC)c(NC(=O)Cc2c[nH]c3ccc(F)cc23)c1. The molecule has 0 unspecified atom stereocenters. The maximum Gasteiger partial charge on any atom is 0.228 e. The van der Waals surface area contributed by atoms with Crippen molar-refractivity contribution in [1.82, 2.24) is 4.98 Å². The molecule has 3 rings (SSSR count). The van der Waals surface area contributed by atoms with Crippen molar-refractivity contribution >= 4 is 22.5 Å². The van der Waals surface area contributed by atoms with Crippen molar-refractivity contribution in [1.29, 1.82) is 0 Å². The standard InChI is InChI=1S/C18H17FN2O3/c1-23-13-4-6-17(24-2)16(9-13)21-18(22)7-11-10-20-15-5-3-12(19)8-14(11)15/h3-6,8-10,20H,7H2,1-2H3,(H,21,22). The highest BCUT2D eigenvalue weighted by Gasteiger charge is 2.12. The number of benzene rings is 2. The number of hydrogen-bond acceptors (Lipinski definition) is 3. The summed E-state index contributed by atoms with van der Waals surface area (Å²) in [6.45, 7) is 0. The van der Waals surface area contributed by atoms with Crippen molar-refractivity contribution in [2.24, 2.45) is 0 Å². The van der Waals surface area contributed by atoms with Crippen molar-refractivity contribution in [2.75, 3.05) is 19.5 Å². The molecule has 2 N–H and O–H groups in total. The van der Waals surface area contributed by atoms with E-state index in [-0.39, 0.29) is 18.1 Å². The van der Waals surface area contributed by atoms with Gasteiger partial charge in [0.1, 0.15) is 17.3 Å². The number of anilines is 1. The highest BCUT2D eigenvalue weighted by molar-refractivity contribution is 5.96. The van der Waals surface area contributed by atoms with Gasteiger partial charge in [-0.05, 0) is 35.9 Å². The summed E-state index contributed by atoms with van der Waals surface area (Å²) in [5.74, 6) is 0.583. The van der Waals surface area contributed by atoms with Crippen molar-refractivity contribution in [3.8, 4) is 11.5 Å². The lowest BCUT2D eigenvalue weighted by molar-refractivity contribution is -0.115. The predicted octanol–water partition coefficient (Wildman–Crippen LogP) is 3.51. The number of nitrogens with one attached hydrogen (secondary N) is 2. The van der Waals surface area contributed by atoms with E-state index in [1.807, 2.05) is 0 Å². The Kier molecular flexibility index (Phi) is 4.37. The summed E-state index contributed by atoms with van der Waals surface area (Å²) in [5.41, 5.74) is 2.04. The molecule has 0 atom stereocenters. The number of carbonyl (C=O) groups excluding carboxylic acids is 1. The Balaban J connectivity index is 1.81. The predicted molar refractivity (Wildman–Crippen MR) is 90.1 cm³/mol. The van der Waals surface area contributed by atoms with E-state index in [1.165, 1.54) is 19.2 Å². The van der Waals surface area contributed by atoms with Crippen LogP contribution in [0.3, 0.4) is 0 Å². The Hall–Kier alpha value is -3.02. The zero-order valence-electron chi connectivity index (χ0n) is 13.4. The third-order valence-corrected chi connectivity index (χ3v) is 3.76. The minimum atomic E-state index is -0.335. The topological polar surface area (TPSA) is 63.4 Å². The summed E-state index contributed by atoms with van der Waals surface area (Å²) in [4.78, 5) is 15.4. The molecule has 24 heavy (non-hydrogen) atoms. The Morgan fingerprint density at radius 2 is 2.00 bits per heavy atom. The van der Waals surface area contributed by atoms with Gasteiger partial charge in [0.25, 0.3) is 0 Å². The monoisotopic (exact) mass is 328 g/mol. The molecule has 5 nitrogen and oxygen atoms in total. The van der Waals surface area contributed by atoms with Crippen molar-refractivity contribution in [3.05, 3.63) is 54.0 Å². The summed E-state index contributed by atoms with van der Waals surface area (Å²) >= 11 is 0. The minimum absolute atomic E-state index is 0.115. The molecule has 2 aromatic carbocycles. The number of rotatable bonds is 5. The molecule has 0 aliphatic carbocycles. The lowest BCUT2D eigenvalue weighted by Gasteiger charge is -2.11. The number of methoxy groups -OCH3 is 2. The van der Waals surface area contributed by atoms with E-state index in [0.29, 0.717) is 22.6 Å². The molecule has 124 valence electrons. The number of aromatic nitrogens is 1. The maximum absolute atomic E-state index is 13.4. The Morgan fingerprint density at radius 3 is 2.75 bits per heavy atom. The lowest BCUT2D eigenvalue weighted by Crippen LogP contribution is -2.15. The van der Waals surface area contributed by atoms with Gasteiger partial charge in [0.15, 0.2) is 0 Å². The van der Waals surface area contributed by atoms with E-state index in [2.05, 4.69) is 10.3 Å². The number of H-pyrrole nitrogens is 1. The molecular formula is C18H17FN2O3. The number of amides is 1. The molecule has 0 saturated heterocycles. The fourth-order valence-corrected chi connectivity index (χ4v) is 2.58. The lowest BCUT2D eigenvalue weighted by atomic mass is 10.1. The van der Waals surface area contributed by atoms with Gasteiger partial charge < -0.3 is 19.8 Å². The molecule has 0 fully saturated rings. The Morgan fingerprint density at radius 1 is 1.17 bits per heavy atom. The third kappa shape index (κ3) is 3.17. The number of ether oxygens (including phenoxy) is 2. The molecule has 6 heteroatoms. The number of aromatic amines is 1. The average Bonchev–Trinajstić information content (AvgIpc) is 2.96. The van der Waals surface area contributed by atoms with Crippen LogP contribution in [0.25, 0.3) is 10.9 Å². The van der Waals surface area contributed by atoms with Gasteiger partial charge in [0.05, 0.1) is 26.3 Å². The highest BCUT2D eigenvalue weighted by Crippen LogP contribution is 2.29. The van der Waals surface area contributed by atoms with Gasteiger partial charge in [-0.25, -0.2) is 4.39 Å². The highest BCUT2D eigenvalue weighted by atomic mass is 19.1. The molecule has 0 aliphatic rings. The zero-order valence-corrected chi connectivity index (χ0v) is 13.4. The number of halogens is 1. The fraction of sp³-hybridized carbons (Fsp3) is 0.167. The van der Waals surface area contributed by atoms with Gasteiger partial charge in [-0.15, -0.1) is 0 Å². The van der Waals surface area contributed by atoms with Gasteiger partial charge in [-0.3, -0.25) is 4.79 Å². The largest absolute Gasteiger partial charge is 0.497 e. The van der Waals surface area contributed by atoms with Gasteiger partial charge in [0.2, 0.25) is 5.91 Å². The molecule has 0 radical (unpaired) electrons. The average molecular weight is 328 g/mol. The fourth-order valence-electron chi connectivity index (χ4n) is 2.58. The molecule has 0 bridgehead atoms. The first kappa shape index (κ1) is 15.9. The molecule has 3 aromatic rings. The maximum atomic E-state index is 13.4. The Labute approximate surface area is 138 Å². The van der Waals surface area contributed by atoms with Crippen LogP contribution in [-0.2, 0) is 11.2 Å². The first-order valence-corrected chi connectivity index (χ1v) is 7.38. The molecule has 1 aromatic heterocycles. The smallest absolute Gasteiger partial charge is 0.228 e. The van der Waals surface area contributed by atoms with Crippen LogP contribution in [-0.4, -0.2) is 25.1 Å². The molecular weight excluding hydrogens is 311 g/mol. The Bertz CT molecular complexity index is 889. The van der Waals surface area contributed by atoms with E-state index < -0.39 is 0 Å². The molecule has 0 saturated carbocycles. The van der Waals surface area contributed by atoms with Crippen LogP contribution in [0, 0.1) is 5.82 Å². The second-order valence-corrected chi connectivity index (χ2v) is 5.29. The summed E-state index contributed by atoms with van der Waals surface area (Å²) in [6.07, 6.45) is 1.83. The third-order valence-electron chi connectivity index (χ3n) is 3.76. The van der Waals surface area contributed by atoms with E-state index in [0.717, 1.165) is 11.1 Å². The van der Waals surface area contributed by atoms with Gasteiger partial charge in [-0.1, -0.05) is 0 Å². The quantitative estimate of drug-likeness (QED) is 0.753. The van der Waals surface area contributed by atoms with Crippen LogP contribution in [0.4, 0.5) is 10.1 Å². The summed E-state index contributed by atoms with van der Waals surface area (Å²) < 4.78 is 23.8. The number of carbonyl (C=O) groups is 1. The minimum Gasteiger partial charge on any atom is -0.497 e. The first-order valence-electron chi connectivity index (χ1n) is 7.38. The van der Waals surface area contributed by atoms with Crippen LogP contribution < -0.4 is 14.8 Å². The molecule has 1 heterocycles. The van der Waals surface area contributed by atoms with Crippen LogP contribution in [0.15, 0.2) is 42.6 Å². The van der Waals surface area contributed by atoms with Crippen LogP contribution in [0.1, 0.15) is 5.56 Å². The molecule has 0 spiro atoms. The van der Waals surface area contributed by atoms with Crippen molar-refractivity contribution in [3.63, 3.8) is 0 Å². The zero-order chi connectivity index (χ0) is 17.1. The number of hydrogen-bond donors (Lipinski definition) is 2. The van der Waals surface area contributed by atoms with Crippen LogP contribution >= 0.6 is 0 Å². The van der Waals surface area contributed by atoms with Crippen molar-refractivity contribution in [2.45, 2.75) is 6.42 Å². The summed E-state index contributed by atoms with van der Waals surface area (Å²) in [7, 11) is 3.08. The van der Waals surface area contributed by atoms with Crippen LogP contribution in [0.5, 0.6) is 11.5 Å². The molecule has 0 aliphatic heterocycles. The number of fused-ring (bicyclic) bond motifs is 1. The van der Waals surface area contributed by atoms with Crippen molar-refractivity contribution < 1.29 is 18.7 Å². The van der Waals surface area contributed by atoms with Crippen LogP contribution in [0.2, 0.25) is 0 Å². The van der Waals surface area contributed by atoms with Gasteiger partial charge in [-0.2, -0.15) is 0 Å². The van der Waals surface area contributed by atoms with E-state index in [4.69, 9.17) is 9.47 Å². The van der Waals surface area contributed by atoms with E-state index >= 15 is 0 Å².